The second kappa shape index (κ2) is 5.57. The Morgan fingerprint density at radius 1 is 1.65 bits per heavy atom. The topological polar surface area (TPSA) is 12.0 Å². The van der Waals surface area contributed by atoms with Crippen molar-refractivity contribution in [1.82, 2.24) is 5.32 Å². The largest absolute Gasteiger partial charge is 0.297 e. The van der Waals surface area contributed by atoms with Crippen molar-refractivity contribution in [2.24, 2.45) is 0 Å². The second-order valence-electron chi connectivity index (χ2n) is 4.14. The molecule has 1 heterocycles. The Labute approximate surface area is 106 Å². The molecule has 0 aliphatic carbocycles. The third-order valence-corrected chi connectivity index (χ3v) is 4.20. The molecule has 0 aromatic heterocycles. The Hall–Kier alpha value is -0.980. The van der Waals surface area contributed by atoms with Gasteiger partial charge < -0.3 is 0 Å². The first kappa shape index (κ1) is 12.5. The molecule has 1 aromatic carbocycles. The van der Waals surface area contributed by atoms with Gasteiger partial charge in [0.2, 0.25) is 0 Å². The van der Waals surface area contributed by atoms with E-state index in [0.29, 0.717) is 0 Å². The molecule has 0 spiro atoms. The molecule has 0 amide bonds. The van der Waals surface area contributed by atoms with E-state index in [4.69, 9.17) is 6.42 Å². The van der Waals surface area contributed by atoms with Crippen molar-refractivity contribution in [2.45, 2.75) is 36.7 Å². The zero-order chi connectivity index (χ0) is 12.3. The van der Waals surface area contributed by atoms with Crippen LogP contribution in [0, 0.1) is 18.2 Å². The number of hydrogen-bond acceptors (Lipinski definition) is 2. The van der Waals surface area contributed by atoms with Gasteiger partial charge in [-0.25, -0.2) is 4.39 Å². The number of hydrogen-bond donors (Lipinski definition) is 1. The maximum absolute atomic E-state index is 13.7. The van der Waals surface area contributed by atoms with E-state index >= 15 is 0 Å². The van der Waals surface area contributed by atoms with Crippen molar-refractivity contribution in [3.8, 4) is 12.3 Å². The predicted octanol–water partition coefficient (Wildman–Crippen LogP) is 3.36. The molecule has 0 saturated heterocycles. The number of thioether (sulfide) groups is 1. The van der Waals surface area contributed by atoms with Crippen molar-refractivity contribution in [3.63, 3.8) is 0 Å². The maximum Gasteiger partial charge on any atom is 0.137 e. The van der Waals surface area contributed by atoms with Gasteiger partial charge in [-0.3, -0.25) is 5.32 Å². The van der Waals surface area contributed by atoms with Gasteiger partial charge in [0.25, 0.3) is 0 Å². The highest BCUT2D eigenvalue weighted by atomic mass is 32.2. The lowest BCUT2D eigenvalue weighted by Crippen LogP contribution is -2.33. The van der Waals surface area contributed by atoms with Crippen LogP contribution in [0.2, 0.25) is 0 Å². The molecule has 17 heavy (non-hydrogen) atoms. The number of benzene rings is 1. The fourth-order valence-electron chi connectivity index (χ4n) is 2.09. The summed E-state index contributed by atoms with van der Waals surface area (Å²) in [6.07, 6.45) is 7.35. The third-order valence-electron chi connectivity index (χ3n) is 3.04. The van der Waals surface area contributed by atoms with Crippen LogP contribution in [-0.2, 0) is 0 Å². The summed E-state index contributed by atoms with van der Waals surface area (Å²) in [4.78, 5) is 0.781. The summed E-state index contributed by atoms with van der Waals surface area (Å²) in [6.45, 7) is 2.06. The number of rotatable bonds is 3. The Bertz CT molecular complexity index is 438. The van der Waals surface area contributed by atoms with Crippen LogP contribution in [0.1, 0.15) is 31.4 Å². The molecule has 2 rings (SSSR count). The van der Waals surface area contributed by atoms with Gasteiger partial charge in [-0.05, 0) is 30.2 Å². The normalized spacial score (nSPS) is 20.4. The van der Waals surface area contributed by atoms with Crippen LogP contribution in [0.5, 0.6) is 0 Å². The Balaban J connectivity index is 2.23. The van der Waals surface area contributed by atoms with E-state index < -0.39 is 0 Å². The standard InChI is InChI=1S/C14H16FNS/c1-3-10(4-2)16-13-8-9-17-14-11(13)6-5-7-12(14)15/h1,5-7,10,13,16H,4,8-9H2,2H3. The van der Waals surface area contributed by atoms with Gasteiger partial charge in [-0.2, -0.15) is 0 Å². The molecule has 1 aromatic rings. The van der Waals surface area contributed by atoms with Crippen LogP contribution in [0.15, 0.2) is 23.1 Å². The Morgan fingerprint density at radius 2 is 2.47 bits per heavy atom. The molecule has 0 fully saturated rings. The molecule has 90 valence electrons. The van der Waals surface area contributed by atoms with Gasteiger partial charge in [0.15, 0.2) is 0 Å². The molecule has 2 unspecified atom stereocenters. The van der Waals surface area contributed by atoms with Crippen molar-refractivity contribution in [3.05, 3.63) is 29.6 Å². The quantitative estimate of drug-likeness (QED) is 0.824. The minimum atomic E-state index is -0.118. The molecule has 0 saturated carbocycles. The van der Waals surface area contributed by atoms with E-state index in [1.54, 1.807) is 17.8 Å². The lowest BCUT2D eigenvalue weighted by Gasteiger charge is -2.28. The summed E-state index contributed by atoms with van der Waals surface area (Å²) in [5.41, 5.74) is 1.05. The van der Waals surface area contributed by atoms with E-state index in [2.05, 4.69) is 18.2 Å². The molecule has 3 heteroatoms. The van der Waals surface area contributed by atoms with Gasteiger partial charge >= 0.3 is 0 Å². The predicted molar refractivity (Wildman–Crippen MR) is 70.5 cm³/mol. The summed E-state index contributed by atoms with van der Waals surface area (Å²) in [6, 6.07) is 5.53. The first-order chi connectivity index (χ1) is 8.26. The number of halogens is 1. The van der Waals surface area contributed by atoms with Gasteiger partial charge in [0, 0.05) is 10.9 Å². The first-order valence-corrected chi connectivity index (χ1v) is 6.88. The smallest absolute Gasteiger partial charge is 0.137 e. The molecule has 2 atom stereocenters. The van der Waals surface area contributed by atoms with Crippen molar-refractivity contribution in [2.75, 3.05) is 5.75 Å². The Kier molecular flexibility index (Phi) is 4.09. The molecule has 1 nitrogen and oxygen atoms in total. The van der Waals surface area contributed by atoms with Crippen molar-refractivity contribution in [1.29, 1.82) is 0 Å². The van der Waals surface area contributed by atoms with Crippen LogP contribution >= 0.6 is 11.8 Å². The second-order valence-corrected chi connectivity index (χ2v) is 5.25. The Morgan fingerprint density at radius 3 is 3.18 bits per heavy atom. The van der Waals surface area contributed by atoms with Gasteiger partial charge in [0.1, 0.15) is 5.82 Å². The fraction of sp³-hybridized carbons (Fsp3) is 0.429. The van der Waals surface area contributed by atoms with Crippen LogP contribution in [0.3, 0.4) is 0 Å². The number of fused-ring (bicyclic) bond motifs is 1. The fourth-order valence-corrected chi connectivity index (χ4v) is 3.23. The zero-order valence-corrected chi connectivity index (χ0v) is 10.7. The minimum Gasteiger partial charge on any atom is -0.297 e. The van der Waals surface area contributed by atoms with Crippen LogP contribution in [-0.4, -0.2) is 11.8 Å². The lowest BCUT2D eigenvalue weighted by atomic mass is 10.0. The first-order valence-electron chi connectivity index (χ1n) is 5.89. The zero-order valence-electron chi connectivity index (χ0n) is 9.87. The highest BCUT2D eigenvalue weighted by Gasteiger charge is 2.24. The molecular weight excluding hydrogens is 233 g/mol. The van der Waals surface area contributed by atoms with E-state index in [1.165, 1.54) is 6.07 Å². The third kappa shape index (κ3) is 2.65. The summed E-state index contributed by atoms with van der Waals surface area (Å²) in [7, 11) is 0. The average molecular weight is 249 g/mol. The summed E-state index contributed by atoms with van der Waals surface area (Å²) >= 11 is 1.59. The van der Waals surface area contributed by atoms with E-state index in [-0.39, 0.29) is 17.9 Å². The van der Waals surface area contributed by atoms with Gasteiger partial charge in [-0.15, -0.1) is 18.2 Å². The molecule has 1 aliphatic rings. The number of terminal acetylenes is 1. The van der Waals surface area contributed by atoms with Crippen LogP contribution < -0.4 is 5.32 Å². The molecule has 0 radical (unpaired) electrons. The summed E-state index contributed by atoms with van der Waals surface area (Å²) < 4.78 is 13.7. The lowest BCUT2D eigenvalue weighted by molar-refractivity contribution is 0.458. The van der Waals surface area contributed by atoms with Gasteiger partial charge in [0.05, 0.1) is 6.04 Å². The minimum absolute atomic E-state index is 0.0687. The van der Waals surface area contributed by atoms with E-state index in [0.717, 1.165) is 29.1 Å². The molecule has 0 bridgehead atoms. The molecule has 1 aliphatic heterocycles. The highest BCUT2D eigenvalue weighted by molar-refractivity contribution is 7.99. The van der Waals surface area contributed by atoms with Crippen LogP contribution in [0.4, 0.5) is 4.39 Å². The van der Waals surface area contributed by atoms with Crippen molar-refractivity contribution >= 4 is 11.8 Å². The van der Waals surface area contributed by atoms with Crippen molar-refractivity contribution < 1.29 is 4.39 Å². The monoisotopic (exact) mass is 249 g/mol. The maximum atomic E-state index is 13.7. The van der Waals surface area contributed by atoms with E-state index in [1.807, 2.05) is 6.07 Å². The number of nitrogens with one attached hydrogen (secondary N) is 1. The highest BCUT2D eigenvalue weighted by Crippen LogP contribution is 2.37. The van der Waals surface area contributed by atoms with E-state index in [9.17, 15) is 4.39 Å². The molecule has 1 N–H and O–H groups in total. The van der Waals surface area contributed by atoms with Crippen LogP contribution in [0.25, 0.3) is 0 Å². The summed E-state index contributed by atoms with van der Waals surface area (Å²) in [5.74, 6) is 3.55. The summed E-state index contributed by atoms with van der Waals surface area (Å²) in [5, 5.41) is 3.42. The SMILES string of the molecule is C#CC(CC)NC1CCSc2c(F)cccc21. The van der Waals surface area contributed by atoms with Gasteiger partial charge in [-0.1, -0.05) is 25.0 Å². The average Bonchev–Trinajstić information content (AvgIpc) is 2.37. The molecular formula is C14H16FNS.